The fourth-order valence-corrected chi connectivity index (χ4v) is 2.93. The van der Waals surface area contributed by atoms with Gasteiger partial charge in [-0.15, -0.1) is 0 Å². The van der Waals surface area contributed by atoms with Gasteiger partial charge in [-0.3, -0.25) is 14.4 Å². The van der Waals surface area contributed by atoms with Crippen molar-refractivity contribution < 1.29 is 19.8 Å². The molecule has 0 aliphatic rings. The molecule has 1 aromatic heterocycles. The summed E-state index contributed by atoms with van der Waals surface area (Å²) in [6.45, 7) is 0. The highest BCUT2D eigenvalue weighted by atomic mass is 16.4. The van der Waals surface area contributed by atoms with E-state index >= 15 is 0 Å². The standard InChI is InChI=1S/C20H17NO5/c1-21-15-11-13(12-5-3-2-4-6-12)7-8-14(15)19(25)18(20(21)26)16(22)9-10-17(23)24/h2-8,11,25H,9-10H2,1H3,(H,23,24). The Morgan fingerprint density at radius 2 is 1.69 bits per heavy atom. The zero-order valence-electron chi connectivity index (χ0n) is 14.1. The SMILES string of the molecule is Cn1c(=O)c(C(=O)CCC(=O)O)c(O)c2ccc(-c3ccccc3)cc21. The number of fused-ring (bicyclic) bond motifs is 1. The van der Waals surface area contributed by atoms with Gasteiger partial charge in [0.15, 0.2) is 5.78 Å². The number of hydrogen-bond acceptors (Lipinski definition) is 4. The van der Waals surface area contributed by atoms with Crippen LogP contribution in [0.4, 0.5) is 0 Å². The molecule has 0 fully saturated rings. The molecule has 6 heteroatoms. The Hall–Kier alpha value is -3.41. The molecule has 26 heavy (non-hydrogen) atoms. The molecule has 1 heterocycles. The van der Waals surface area contributed by atoms with E-state index < -0.39 is 29.5 Å². The molecular formula is C20H17NO5. The van der Waals surface area contributed by atoms with Crippen molar-refractivity contribution >= 4 is 22.7 Å². The largest absolute Gasteiger partial charge is 0.506 e. The summed E-state index contributed by atoms with van der Waals surface area (Å²) >= 11 is 0. The summed E-state index contributed by atoms with van der Waals surface area (Å²) < 4.78 is 1.30. The van der Waals surface area contributed by atoms with Crippen LogP contribution < -0.4 is 5.56 Å². The maximum atomic E-state index is 12.6. The topological polar surface area (TPSA) is 96.6 Å². The van der Waals surface area contributed by atoms with E-state index in [2.05, 4.69) is 0 Å². The molecule has 0 amide bonds. The lowest BCUT2D eigenvalue weighted by molar-refractivity contribution is -0.136. The number of carbonyl (C=O) groups is 2. The molecule has 6 nitrogen and oxygen atoms in total. The molecule has 2 aromatic carbocycles. The fourth-order valence-electron chi connectivity index (χ4n) is 2.93. The predicted octanol–water partition coefficient (Wildman–Crippen LogP) is 2.96. The number of rotatable bonds is 5. The van der Waals surface area contributed by atoms with Crippen LogP contribution in [0.25, 0.3) is 22.0 Å². The summed E-state index contributed by atoms with van der Waals surface area (Å²) in [6.07, 6.45) is -0.738. The van der Waals surface area contributed by atoms with Crippen molar-refractivity contribution in [3.8, 4) is 16.9 Å². The summed E-state index contributed by atoms with van der Waals surface area (Å²) in [5, 5.41) is 19.6. The number of aromatic nitrogens is 1. The van der Waals surface area contributed by atoms with E-state index in [1.165, 1.54) is 11.6 Å². The number of benzene rings is 2. The van der Waals surface area contributed by atoms with Crippen LogP contribution in [-0.4, -0.2) is 26.5 Å². The Bertz CT molecular complexity index is 1070. The van der Waals surface area contributed by atoms with Crippen LogP contribution in [0.15, 0.2) is 53.3 Å². The van der Waals surface area contributed by atoms with E-state index in [-0.39, 0.29) is 12.0 Å². The van der Waals surface area contributed by atoms with Crippen LogP contribution in [0.3, 0.4) is 0 Å². The van der Waals surface area contributed by atoms with Crippen LogP contribution in [0, 0.1) is 0 Å². The van der Waals surface area contributed by atoms with Crippen molar-refractivity contribution in [3.63, 3.8) is 0 Å². The van der Waals surface area contributed by atoms with Crippen molar-refractivity contribution in [1.82, 2.24) is 4.57 Å². The number of ketones is 1. The van der Waals surface area contributed by atoms with E-state index in [0.29, 0.717) is 10.9 Å². The molecule has 0 unspecified atom stereocenters. The Kier molecular flexibility index (Phi) is 4.58. The third-order valence-corrected chi connectivity index (χ3v) is 4.32. The maximum absolute atomic E-state index is 12.6. The van der Waals surface area contributed by atoms with Gasteiger partial charge in [0.05, 0.1) is 11.9 Å². The van der Waals surface area contributed by atoms with Gasteiger partial charge in [0, 0.05) is 18.9 Å². The number of nitrogens with zero attached hydrogens (tertiary/aromatic N) is 1. The molecule has 0 saturated heterocycles. The molecule has 0 atom stereocenters. The summed E-state index contributed by atoms with van der Waals surface area (Å²) in [6, 6.07) is 14.8. The van der Waals surface area contributed by atoms with Gasteiger partial charge in [0.25, 0.3) is 5.56 Å². The van der Waals surface area contributed by atoms with E-state index in [4.69, 9.17) is 5.11 Å². The molecule has 3 aromatic rings. The van der Waals surface area contributed by atoms with Crippen LogP contribution in [-0.2, 0) is 11.8 Å². The number of carbonyl (C=O) groups excluding carboxylic acids is 1. The van der Waals surface area contributed by atoms with Crippen molar-refractivity contribution in [2.75, 3.05) is 0 Å². The van der Waals surface area contributed by atoms with Gasteiger partial charge in [-0.05, 0) is 23.3 Å². The first-order valence-electron chi connectivity index (χ1n) is 8.06. The number of hydrogen-bond donors (Lipinski definition) is 2. The highest BCUT2D eigenvalue weighted by molar-refractivity contribution is 6.04. The number of carboxylic acids is 1. The third-order valence-electron chi connectivity index (χ3n) is 4.32. The Morgan fingerprint density at radius 3 is 2.35 bits per heavy atom. The monoisotopic (exact) mass is 351 g/mol. The highest BCUT2D eigenvalue weighted by Crippen LogP contribution is 2.30. The van der Waals surface area contributed by atoms with E-state index in [1.807, 2.05) is 30.3 Å². The number of aryl methyl sites for hydroxylation is 1. The van der Waals surface area contributed by atoms with Crippen molar-refractivity contribution in [2.24, 2.45) is 7.05 Å². The second-order valence-corrected chi connectivity index (χ2v) is 6.00. The molecule has 132 valence electrons. The van der Waals surface area contributed by atoms with E-state index in [9.17, 15) is 19.5 Å². The van der Waals surface area contributed by atoms with Crippen molar-refractivity contribution in [2.45, 2.75) is 12.8 Å². The molecule has 0 aliphatic carbocycles. The first kappa shape index (κ1) is 17.4. The molecular weight excluding hydrogens is 334 g/mol. The number of Topliss-reactive ketones (excluding diaryl/α,β-unsaturated/α-hetero) is 1. The normalized spacial score (nSPS) is 10.8. The highest BCUT2D eigenvalue weighted by Gasteiger charge is 2.21. The zero-order chi connectivity index (χ0) is 18.8. The second kappa shape index (κ2) is 6.84. The van der Waals surface area contributed by atoms with Gasteiger partial charge in [-0.1, -0.05) is 36.4 Å². The smallest absolute Gasteiger partial charge is 0.303 e. The Morgan fingerprint density at radius 1 is 1.00 bits per heavy atom. The number of aliphatic carboxylic acids is 1. The van der Waals surface area contributed by atoms with Gasteiger partial charge in [0.2, 0.25) is 0 Å². The Balaban J connectivity index is 2.16. The van der Waals surface area contributed by atoms with Crippen molar-refractivity contribution in [3.05, 3.63) is 64.4 Å². The van der Waals surface area contributed by atoms with Gasteiger partial charge >= 0.3 is 5.97 Å². The summed E-state index contributed by atoms with van der Waals surface area (Å²) in [4.78, 5) is 35.5. The van der Waals surface area contributed by atoms with Gasteiger partial charge in [-0.2, -0.15) is 0 Å². The van der Waals surface area contributed by atoms with Crippen molar-refractivity contribution in [1.29, 1.82) is 0 Å². The quantitative estimate of drug-likeness (QED) is 0.689. The molecule has 0 aliphatic heterocycles. The van der Waals surface area contributed by atoms with Crippen LogP contribution in [0.2, 0.25) is 0 Å². The molecule has 0 saturated carbocycles. The van der Waals surface area contributed by atoms with Gasteiger partial charge in [0.1, 0.15) is 11.3 Å². The molecule has 0 bridgehead atoms. The van der Waals surface area contributed by atoms with Gasteiger partial charge < -0.3 is 14.8 Å². The summed E-state index contributed by atoms with van der Waals surface area (Å²) in [5.41, 5.74) is 1.31. The first-order valence-corrected chi connectivity index (χ1v) is 8.06. The summed E-state index contributed by atoms with van der Waals surface area (Å²) in [5.74, 6) is -2.22. The third kappa shape index (κ3) is 3.09. The molecule has 0 radical (unpaired) electrons. The minimum Gasteiger partial charge on any atom is -0.506 e. The molecule has 2 N–H and O–H groups in total. The molecule has 3 rings (SSSR count). The van der Waals surface area contributed by atoms with Crippen LogP contribution >= 0.6 is 0 Å². The second-order valence-electron chi connectivity index (χ2n) is 6.00. The maximum Gasteiger partial charge on any atom is 0.303 e. The lowest BCUT2D eigenvalue weighted by Gasteiger charge is -2.12. The summed E-state index contributed by atoms with van der Waals surface area (Å²) in [7, 11) is 1.52. The Labute approximate surface area is 148 Å². The van der Waals surface area contributed by atoms with E-state index in [1.54, 1.807) is 18.2 Å². The zero-order valence-corrected chi connectivity index (χ0v) is 14.1. The predicted molar refractivity (Wildman–Crippen MR) is 97.5 cm³/mol. The fraction of sp³-hybridized carbons (Fsp3) is 0.150. The first-order chi connectivity index (χ1) is 12.4. The lowest BCUT2D eigenvalue weighted by atomic mass is 10.00. The number of carboxylic acid groups (broad SMARTS) is 1. The van der Waals surface area contributed by atoms with Gasteiger partial charge in [-0.25, -0.2) is 0 Å². The average Bonchev–Trinajstić information content (AvgIpc) is 2.65. The van der Waals surface area contributed by atoms with Crippen LogP contribution in [0.5, 0.6) is 5.75 Å². The minimum absolute atomic E-state index is 0.342. The minimum atomic E-state index is -1.14. The lowest BCUT2D eigenvalue weighted by Crippen LogP contribution is -2.25. The average molecular weight is 351 g/mol. The van der Waals surface area contributed by atoms with E-state index in [0.717, 1.165) is 11.1 Å². The number of pyridine rings is 1. The van der Waals surface area contributed by atoms with Crippen LogP contribution in [0.1, 0.15) is 23.2 Å². The molecule has 0 spiro atoms. The number of aromatic hydroxyl groups is 1.